The molecule has 0 saturated heterocycles. The molecule has 0 fully saturated rings. The number of allylic oxidation sites excluding steroid dienone is 1. The van der Waals surface area contributed by atoms with E-state index in [1.807, 2.05) is 0 Å². The van der Waals surface area contributed by atoms with E-state index in [0.717, 1.165) is 0 Å². The van der Waals surface area contributed by atoms with Gasteiger partial charge in [-0.1, -0.05) is 17.7 Å². The molecule has 0 radical (unpaired) electrons. The zero-order chi connectivity index (χ0) is 25.9. The molecule has 12 heteroatoms. The summed E-state index contributed by atoms with van der Waals surface area (Å²) in [6.07, 6.45) is -1.37. The van der Waals surface area contributed by atoms with E-state index in [1.54, 1.807) is 24.3 Å². The van der Waals surface area contributed by atoms with Gasteiger partial charge in [-0.15, -0.1) is 0 Å². The molecule has 37 heavy (non-hydrogen) atoms. The van der Waals surface area contributed by atoms with Crippen molar-refractivity contribution in [1.29, 1.82) is 0 Å². The fourth-order valence-corrected chi connectivity index (χ4v) is 4.77. The van der Waals surface area contributed by atoms with Crippen molar-refractivity contribution in [3.05, 3.63) is 82.0 Å². The van der Waals surface area contributed by atoms with Gasteiger partial charge in [-0.2, -0.15) is 13.2 Å². The van der Waals surface area contributed by atoms with Crippen molar-refractivity contribution in [1.82, 2.24) is 24.8 Å². The molecule has 1 N–H and O–H groups in total. The fourth-order valence-electron chi connectivity index (χ4n) is 4.61. The van der Waals surface area contributed by atoms with Gasteiger partial charge in [0.1, 0.15) is 11.6 Å². The van der Waals surface area contributed by atoms with Gasteiger partial charge >= 0.3 is 6.18 Å². The normalized spacial score (nSPS) is 15.6. The molecule has 0 spiro atoms. The van der Waals surface area contributed by atoms with E-state index in [2.05, 4.69) is 25.3 Å². The minimum absolute atomic E-state index is 0.0424. The van der Waals surface area contributed by atoms with Gasteiger partial charge in [0.2, 0.25) is 5.82 Å². The number of rotatable bonds is 3. The number of nitrogens with zero attached hydrogens (tertiary/aromatic N) is 5. The SMILES string of the molecule is Fc1cc(F)c(C2=NCC=C2c2ccc3ncc(-c4nc(C(F)(F)F)n5c4CNCC5)cc3n2)cc1Cl. The van der Waals surface area contributed by atoms with Crippen LogP contribution in [0.4, 0.5) is 22.0 Å². The van der Waals surface area contributed by atoms with Gasteiger partial charge < -0.3 is 9.88 Å². The average molecular weight is 531 g/mol. The number of aliphatic imine (C=N–C) groups is 1. The number of nitrogens with one attached hydrogen (secondary N) is 1. The highest BCUT2D eigenvalue weighted by molar-refractivity contribution is 6.35. The van der Waals surface area contributed by atoms with Crippen molar-refractivity contribution in [2.45, 2.75) is 19.3 Å². The predicted octanol–water partition coefficient (Wildman–Crippen LogP) is 5.43. The van der Waals surface area contributed by atoms with Crippen molar-refractivity contribution in [2.24, 2.45) is 4.99 Å². The number of alkyl halides is 3. The van der Waals surface area contributed by atoms with E-state index in [0.29, 0.717) is 46.2 Å². The third-order valence-corrected chi connectivity index (χ3v) is 6.57. The lowest BCUT2D eigenvalue weighted by atomic mass is 9.99. The van der Waals surface area contributed by atoms with Crippen LogP contribution in [0.1, 0.15) is 22.8 Å². The Balaban J connectivity index is 1.42. The molecular weight excluding hydrogens is 515 g/mol. The fraction of sp³-hybridized carbons (Fsp3) is 0.200. The van der Waals surface area contributed by atoms with E-state index in [9.17, 15) is 22.0 Å². The summed E-state index contributed by atoms with van der Waals surface area (Å²) in [5.74, 6) is -2.63. The number of halogens is 6. The molecule has 0 bridgehead atoms. The molecule has 0 amide bonds. The zero-order valence-electron chi connectivity index (χ0n) is 18.9. The van der Waals surface area contributed by atoms with Crippen LogP contribution in [0.2, 0.25) is 5.02 Å². The highest BCUT2D eigenvalue weighted by Crippen LogP contribution is 2.35. The maximum Gasteiger partial charge on any atom is 0.449 e. The summed E-state index contributed by atoms with van der Waals surface area (Å²) in [6, 6.07) is 6.91. The first-order chi connectivity index (χ1) is 17.7. The molecule has 4 aromatic rings. The predicted molar refractivity (Wildman–Crippen MR) is 128 cm³/mol. The minimum atomic E-state index is -4.59. The van der Waals surface area contributed by atoms with Crippen molar-refractivity contribution in [2.75, 3.05) is 13.1 Å². The van der Waals surface area contributed by atoms with Crippen LogP contribution in [0.15, 0.2) is 47.6 Å². The summed E-state index contributed by atoms with van der Waals surface area (Å²) in [6.45, 7) is 1.07. The van der Waals surface area contributed by atoms with Crippen LogP contribution in [0.3, 0.4) is 0 Å². The Morgan fingerprint density at radius 2 is 1.84 bits per heavy atom. The number of hydrogen-bond acceptors (Lipinski definition) is 5. The van der Waals surface area contributed by atoms with Gasteiger partial charge in [-0.05, 0) is 24.3 Å². The monoisotopic (exact) mass is 530 g/mol. The molecule has 6 nitrogen and oxygen atoms in total. The van der Waals surface area contributed by atoms with E-state index < -0.39 is 23.6 Å². The second-order valence-electron chi connectivity index (χ2n) is 8.57. The number of aromatic nitrogens is 4. The van der Waals surface area contributed by atoms with Crippen LogP contribution in [0.5, 0.6) is 0 Å². The van der Waals surface area contributed by atoms with E-state index in [4.69, 9.17) is 11.6 Å². The molecule has 0 atom stereocenters. The third-order valence-electron chi connectivity index (χ3n) is 6.28. The lowest BCUT2D eigenvalue weighted by molar-refractivity contribution is -0.147. The Morgan fingerprint density at radius 3 is 2.65 bits per heavy atom. The Bertz CT molecular complexity index is 1640. The van der Waals surface area contributed by atoms with Crippen molar-refractivity contribution < 1.29 is 22.0 Å². The van der Waals surface area contributed by atoms with Crippen LogP contribution in [0.25, 0.3) is 27.9 Å². The molecule has 2 aliphatic heterocycles. The second kappa shape index (κ2) is 8.70. The smallest absolute Gasteiger partial charge is 0.321 e. The third kappa shape index (κ3) is 4.08. The molecule has 1 aromatic carbocycles. The van der Waals surface area contributed by atoms with Crippen LogP contribution in [-0.2, 0) is 19.3 Å². The lowest BCUT2D eigenvalue weighted by Gasteiger charge is -2.19. The number of imidazole rings is 1. The highest BCUT2D eigenvalue weighted by Gasteiger charge is 2.39. The highest BCUT2D eigenvalue weighted by atomic mass is 35.5. The Hall–Kier alpha value is -3.70. The summed E-state index contributed by atoms with van der Waals surface area (Å²) in [5, 5.41) is 2.85. The number of benzene rings is 1. The molecule has 0 aliphatic carbocycles. The van der Waals surface area contributed by atoms with Gasteiger partial charge in [0.05, 0.1) is 45.4 Å². The number of hydrogen-bond donors (Lipinski definition) is 1. The van der Waals surface area contributed by atoms with Crippen molar-refractivity contribution in [3.63, 3.8) is 0 Å². The molecule has 2 aliphatic rings. The lowest BCUT2D eigenvalue weighted by Crippen LogP contribution is -2.30. The number of fused-ring (bicyclic) bond motifs is 2. The first-order valence-corrected chi connectivity index (χ1v) is 11.6. The van der Waals surface area contributed by atoms with Gasteiger partial charge in [0.15, 0.2) is 0 Å². The Labute approximate surface area is 211 Å². The van der Waals surface area contributed by atoms with Crippen molar-refractivity contribution in [3.8, 4) is 11.3 Å². The van der Waals surface area contributed by atoms with Crippen molar-refractivity contribution >= 4 is 33.9 Å². The van der Waals surface area contributed by atoms with Gasteiger partial charge in [-0.25, -0.2) is 18.7 Å². The first-order valence-electron chi connectivity index (χ1n) is 11.3. The number of pyridine rings is 2. The summed E-state index contributed by atoms with van der Waals surface area (Å²) in [4.78, 5) is 17.3. The van der Waals surface area contributed by atoms with E-state index in [-0.39, 0.29) is 41.6 Å². The first kappa shape index (κ1) is 23.7. The standard InChI is InChI=1S/C25H16ClF5N6/c26-15-8-14(16(27)9-17(15)28)23-13(3-4-33-23)18-1-2-19-20(35-18)7-12(10-34-19)22-21-11-32-5-6-37(21)24(36-22)25(29,30)31/h1-3,7-10,32H,4-6,11H2. The molecule has 0 saturated carbocycles. The molecular formula is C25H16ClF5N6. The van der Waals surface area contributed by atoms with Gasteiger partial charge in [0, 0.05) is 48.6 Å². The summed E-state index contributed by atoms with van der Waals surface area (Å²) in [5.41, 5.74) is 3.23. The molecule has 3 aromatic heterocycles. The Kier molecular flexibility index (Phi) is 5.57. The van der Waals surface area contributed by atoms with Gasteiger partial charge in [-0.3, -0.25) is 9.98 Å². The maximum absolute atomic E-state index is 14.6. The molecule has 6 rings (SSSR count). The van der Waals surface area contributed by atoms with Gasteiger partial charge in [0.25, 0.3) is 0 Å². The van der Waals surface area contributed by atoms with Crippen LogP contribution in [-0.4, -0.2) is 38.3 Å². The van der Waals surface area contributed by atoms with Crippen LogP contribution in [0, 0.1) is 11.6 Å². The second-order valence-corrected chi connectivity index (χ2v) is 8.98. The van der Waals surface area contributed by atoms with E-state index in [1.165, 1.54) is 16.8 Å². The van der Waals surface area contributed by atoms with E-state index >= 15 is 0 Å². The molecule has 5 heterocycles. The quantitative estimate of drug-likeness (QED) is 0.283. The largest absolute Gasteiger partial charge is 0.449 e. The summed E-state index contributed by atoms with van der Waals surface area (Å²) in [7, 11) is 0. The Morgan fingerprint density at radius 1 is 1.00 bits per heavy atom. The topological polar surface area (TPSA) is 68.0 Å². The summed E-state index contributed by atoms with van der Waals surface area (Å²) < 4.78 is 70.3. The molecule has 0 unspecified atom stereocenters. The maximum atomic E-state index is 14.6. The van der Waals surface area contributed by atoms with Crippen LogP contribution < -0.4 is 5.32 Å². The van der Waals surface area contributed by atoms with Crippen LogP contribution >= 0.6 is 11.6 Å². The minimum Gasteiger partial charge on any atom is -0.321 e. The average Bonchev–Trinajstić information content (AvgIpc) is 3.51. The zero-order valence-corrected chi connectivity index (χ0v) is 19.6. The molecule has 188 valence electrons. The summed E-state index contributed by atoms with van der Waals surface area (Å²) >= 11 is 5.87.